The number of rotatable bonds is 6. The summed E-state index contributed by atoms with van der Waals surface area (Å²) in [6, 6.07) is 9.86. The fourth-order valence-corrected chi connectivity index (χ4v) is 4.64. The third kappa shape index (κ3) is 3.51. The average molecular weight is 358 g/mol. The third-order valence-electron chi connectivity index (χ3n) is 6.05. The van der Waals surface area contributed by atoms with Gasteiger partial charge < -0.3 is 14.5 Å². The van der Waals surface area contributed by atoms with Crippen molar-refractivity contribution in [2.45, 2.75) is 38.4 Å². The van der Waals surface area contributed by atoms with Gasteiger partial charge in [-0.1, -0.05) is 29.8 Å². The van der Waals surface area contributed by atoms with Crippen molar-refractivity contribution in [2.24, 2.45) is 0 Å². The maximum Gasteiger partial charge on any atom is 0.214 e. The molecule has 0 saturated carbocycles. The highest BCUT2D eigenvalue weighted by Crippen LogP contribution is 2.18. The van der Waals surface area contributed by atoms with Crippen LogP contribution in [0.25, 0.3) is 0 Å². The van der Waals surface area contributed by atoms with Crippen LogP contribution in [0.3, 0.4) is 0 Å². The lowest BCUT2D eigenvalue weighted by atomic mass is 10.0. The van der Waals surface area contributed by atoms with E-state index in [0.717, 1.165) is 11.9 Å². The van der Waals surface area contributed by atoms with Crippen LogP contribution in [0.2, 0.25) is 0 Å². The van der Waals surface area contributed by atoms with Gasteiger partial charge in [-0.3, -0.25) is 0 Å². The molecule has 7 nitrogen and oxygen atoms in total. The number of tetrazole rings is 1. The number of quaternary nitrogens is 2. The monoisotopic (exact) mass is 358 g/mol. The quantitative estimate of drug-likeness (QED) is 0.671. The van der Waals surface area contributed by atoms with Crippen LogP contribution in [0.4, 0.5) is 0 Å². The Hall–Kier alpha value is -1.83. The van der Waals surface area contributed by atoms with Gasteiger partial charge >= 0.3 is 0 Å². The molecule has 2 N–H and O–H groups in total. The molecule has 4 atom stereocenters. The fraction of sp³-hybridized carbons (Fsp3) is 0.632. The van der Waals surface area contributed by atoms with E-state index in [9.17, 15) is 0 Å². The summed E-state index contributed by atoms with van der Waals surface area (Å²) < 4.78 is 7.17. The molecule has 7 heteroatoms. The molecular weight excluding hydrogens is 328 g/mol. The molecule has 1 aromatic carbocycles. The minimum absolute atomic E-state index is 0.185. The minimum Gasteiger partial charge on any atom is -0.383 e. The number of aryl methyl sites for hydroxylation is 1. The number of nitrogens with zero attached hydrogens (tertiary/aromatic N) is 4. The molecule has 140 valence electrons. The van der Waals surface area contributed by atoms with Crippen LogP contribution in [-0.2, 0) is 11.3 Å². The smallest absolute Gasteiger partial charge is 0.214 e. The zero-order valence-corrected chi connectivity index (χ0v) is 15.8. The van der Waals surface area contributed by atoms with Crippen molar-refractivity contribution < 1.29 is 14.5 Å². The van der Waals surface area contributed by atoms with E-state index in [-0.39, 0.29) is 6.04 Å². The van der Waals surface area contributed by atoms with E-state index in [1.807, 2.05) is 4.68 Å². The maximum absolute atomic E-state index is 5.25. The second-order valence-corrected chi connectivity index (χ2v) is 7.71. The fourth-order valence-electron chi connectivity index (χ4n) is 4.64. The van der Waals surface area contributed by atoms with Gasteiger partial charge in [0.15, 0.2) is 6.04 Å². The first-order valence-electron chi connectivity index (χ1n) is 9.77. The molecule has 0 aliphatic carbocycles. The normalized spacial score (nSPS) is 26.6. The van der Waals surface area contributed by atoms with E-state index in [4.69, 9.17) is 4.74 Å². The summed E-state index contributed by atoms with van der Waals surface area (Å²) in [4.78, 5) is 3.40. The first-order chi connectivity index (χ1) is 12.8. The summed E-state index contributed by atoms with van der Waals surface area (Å²) >= 11 is 0. The first kappa shape index (κ1) is 17.6. The molecule has 2 aromatic rings. The standard InChI is InChI=1S/C19H28N6O/c1-15-5-7-16(8-6-15)18(19-20-21-22-25(19)12-13-26-2)24-11-10-23-9-3-4-17(23)14-24/h5-8,17-18H,3-4,9-14H2,1-2H3/p+2/t17-,18-/m1/s1. The Bertz CT molecular complexity index is 715. The first-order valence-corrected chi connectivity index (χ1v) is 9.77. The van der Waals surface area contributed by atoms with Crippen LogP contribution >= 0.6 is 0 Å². The lowest BCUT2D eigenvalue weighted by Crippen LogP contribution is -3.29. The van der Waals surface area contributed by atoms with Crippen molar-refractivity contribution in [1.29, 1.82) is 0 Å². The number of piperazine rings is 1. The largest absolute Gasteiger partial charge is 0.383 e. The number of hydrogen-bond donors (Lipinski definition) is 2. The predicted octanol–water partition coefficient (Wildman–Crippen LogP) is -1.34. The predicted molar refractivity (Wildman–Crippen MR) is 97.1 cm³/mol. The van der Waals surface area contributed by atoms with Crippen molar-refractivity contribution in [1.82, 2.24) is 20.2 Å². The second-order valence-electron chi connectivity index (χ2n) is 7.71. The summed E-state index contributed by atoms with van der Waals surface area (Å²) in [6.07, 6.45) is 2.72. The van der Waals surface area contributed by atoms with E-state index in [2.05, 4.69) is 46.7 Å². The number of aromatic nitrogens is 4. The molecule has 0 spiro atoms. The zero-order valence-electron chi connectivity index (χ0n) is 15.8. The molecule has 0 radical (unpaired) electrons. The van der Waals surface area contributed by atoms with Gasteiger partial charge in [-0.25, -0.2) is 4.68 Å². The summed E-state index contributed by atoms with van der Waals surface area (Å²) in [5.41, 5.74) is 2.59. The Kier molecular flexibility index (Phi) is 5.28. The molecule has 2 aliphatic rings. The molecule has 2 aliphatic heterocycles. The molecule has 1 aromatic heterocycles. The number of hydrogen-bond acceptors (Lipinski definition) is 4. The molecule has 0 amide bonds. The molecule has 26 heavy (non-hydrogen) atoms. The van der Waals surface area contributed by atoms with Gasteiger partial charge in [0.1, 0.15) is 25.7 Å². The molecule has 0 bridgehead atoms. The lowest BCUT2D eigenvalue weighted by Gasteiger charge is -2.36. The number of ether oxygens (including phenoxy) is 1. The molecule has 3 heterocycles. The van der Waals surface area contributed by atoms with E-state index in [1.165, 1.54) is 50.1 Å². The van der Waals surface area contributed by atoms with Gasteiger partial charge in [0.05, 0.1) is 19.7 Å². The van der Waals surface area contributed by atoms with E-state index in [1.54, 1.807) is 16.9 Å². The Morgan fingerprint density at radius 1 is 1.23 bits per heavy atom. The van der Waals surface area contributed by atoms with Gasteiger partial charge in [-0.05, 0) is 17.4 Å². The summed E-state index contributed by atoms with van der Waals surface area (Å²) in [6.45, 7) is 8.41. The van der Waals surface area contributed by atoms with Crippen LogP contribution in [0, 0.1) is 6.92 Å². The summed E-state index contributed by atoms with van der Waals surface area (Å²) in [7, 11) is 1.72. The van der Waals surface area contributed by atoms with E-state index < -0.39 is 0 Å². The van der Waals surface area contributed by atoms with Crippen LogP contribution < -0.4 is 9.80 Å². The summed E-state index contributed by atoms with van der Waals surface area (Å²) in [5.74, 6) is 0.961. The van der Waals surface area contributed by atoms with Crippen molar-refractivity contribution >= 4 is 0 Å². The van der Waals surface area contributed by atoms with Gasteiger partial charge in [0.25, 0.3) is 0 Å². The highest BCUT2D eigenvalue weighted by Gasteiger charge is 2.42. The number of methoxy groups -OCH3 is 1. The molecule has 4 rings (SSSR count). The Morgan fingerprint density at radius 3 is 2.88 bits per heavy atom. The highest BCUT2D eigenvalue weighted by atomic mass is 16.5. The maximum atomic E-state index is 5.25. The molecule has 2 fully saturated rings. The topological polar surface area (TPSA) is 61.7 Å². The van der Waals surface area contributed by atoms with Crippen molar-refractivity contribution in [3.8, 4) is 0 Å². The van der Waals surface area contributed by atoms with Crippen molar-refractivity contribution in [3.05, 3.63) is 41.2 Å². The third-order valence-corrected chi connectivity index (χ3v) is 6.05. The SMILES string of the molecule is COCCn1nnnc1[C@@H](c1ccc(C)cc1)[NH+]1CC[NH+]2CCC[C@@H]2C1. The highest BCUT2D eigenvalue weighted by molar-refractivity contribution is 5.26. The zero-order chi connectivity index (χ0) is 17.9. The Labute approximate surface area is 154 Å². The van der Waals surface area contributed by atoms with Crippen LogP contribution in [0.15, 0.2) is 24.3 Å². The van der Waals surface area contributed by atoms with Crippen LogP contribution in [0.1, 0.15) is 35.8 Å². The van der Waals surface area contributed by atoms with Gasteiger partial charge in [0, 0.05) is 25.5 Å². The van der Waals surface area contributed by atoms with Gasteiger partial charge in [-0.2, -0.15) is 0 Å². The van der Waals surface area contributed by atoms with Crippen molar-refractivity contribution in [2.75, 3.05) is 39.9 Å². The second kappa shape index (κ2) is 7.82. The van der Waals surface area contributed by atoms with Gasteiger partial charge in [0.2, 0.25) is 5.82 Å². The number of nitrogens with one attached hydrogen (secondary N) is 2. The van der Waals surface area contributed by atoms with Crippen LogP contribution in [0.5, 0.6) is 0 Å². The number of benzene rings is 1. The average Bonchev–Trinajstić information content (AvgIpc) is 3.31. The van der Waals surface area contributed by atoms with Crippen molar-refractivity contribution in [3.63, 3.8) is 0 Å². The lowest BCUT2D eigenvalue weighted by molar-refractivity contribution is -1.03. The van der Waals surface area contributed by atoms with E-state index >= 15 is 0 Å². The van der Waals surface area contributed by atoms with Gasteiger partial charge in [-0.15, -0.1) is 5.10 Å². The Balaban J connectivity index is 1.66. The summed E-state index contributed by atoms with van der Waals surface area (Å²) in [5, 5.41) is 12.7. The minimum atomic E-state index is 0.185. The Morgan fingerprint density at radius 2 is 2.08 bits per heavy atom. The molecular formula is C19H30N6O+2. The van der Waals surface area contributed by atoms with E-state index in [0.29, 0.717) is 13.2 Å². The molecule has 2 saturated heterocycles. The molecule has 2 unspecified atom stereocenters. The van der Waals surface area contributed by atoms with Crippen LogP contribution in [-0.4, -0.2) is 66.1 Å². The number of fused-ring (bicyclic) bond motifs is 1.